The number of rotatable bonds is 6. The molecule has 0 aliphatic carbocycles. The number of benzene rings is 1. The van der Waals surface area contributed by atoms with Gasteiger partial charge in [0.05, 0.1) is 0 Å². The third kappa shape index (κ3) is 4.28. The van der Waals surface area contributed by atoms with Gasteiger partial charge in [0.25, 0.3) is 0 Å². The van der Waals surface area contributed by atoms with Gasteiger partial charge in [0, 0.05) is 27.0 Å². The number of aromatic nitrogens is 3. The van der Waals surface area contributed by atoms with E-state index in [0.29, 0.717) is 16.7 Å². The molecular formula is C19H19BrN4OS2. The van der Waals surface area contributed by atoms with E-state index in [2.05, 4.69) is 54.8 Å². The van der Waals surface area contributed by atoms with E-state index in [1.54, 1.807) is 23.1 Å². The van der Waals surface area contributed by atoms with Gasteiger partial charge in [0.1, 0.15) is 0 Å². The predicted molar refractivity (Wildman–Crippen MR) is 115 cm³/mol. The van der Waals surface area contributed by atoms with E-state index in [-0.39, 0.29) is 6.23 Å². The summed E-state index contributed by atoms with van der Waals surface area (Å²) in [5.41, 5.74) is 3.61. The summed E-state index contributed by atoms with van der Waals surface area (Å²) in [5.74, 6) is 1.51. The lowest BCUT2D eigenvalue weighted by Crippen LogP contribution is -2.16. The molecule has 1 atom stereocenters. The zero-order valence-corrected chi connectivity index (χ0v) is 18.0. The zero-order valence-electron chi connectivity index (χ0n) is 14.8. The van der Waals surface area contributed by atoms with Crippen molar-refractivity contribution in [1.82, 2.24) is 15.2 Å². The van der Waals surface area contributed by atoms with Crippen LogP contribution in [0, 0.1) is 0 Å². The largest absolute Gasteiger partial charge is 0.448 e. The molecule has 27 heavy (non-hydrogen) atoms. The molecular weight excluding hydrogens is 444 g/mol. The molecule has 3 heterocycles. The third-order valence-electron chi connectivity index (χ3n) is 4.21. The lowest BCUT2D eigenvalue weighted by molar-refractivity contribution is 0.225. The van der Waals surface area contributed by atoms with E-state index in [9.17, 15) is 0 Å². The van der Waals surface area contributed by atoms with Crippen molar-refractivity contribution in [2.24, 2.45) is 0 Å². The molecule has 0 fully saturated rings. The van der Waals surface area contributed by atoms with Crippen molar-refractivity contribution in [3.05, 3.63) is 45.1 Å². The van der Waals surface area contributed by atoms with Gasteiger partial charge in [0.2, 0.25) is 11.0 Å². The lowest BCUT2D eigenvalue weighted by Gasteiger charge is -2.17. The molecule has 1 aromatic carbocycles. The summed E-state index contributed by atoms with van der Waals surface area (Å²) in [6.45, 7) is 2.20. The van der Waals surface area contributed by atoms with Crippen LogP contribution in [-0.4, -0.2) is 20.9 Å². The summed E-state index contributed by atoms with van der Waals surface area (Å²) < 4.78 is 7.22. The molecule has 0 spiro atoms. The second kappa shape index (κ2) is 8.58. The minimum absolute atomic E-state index is 0.313. The fourth-order valence-electron chi connectivity index (χ4n) is 2.82. The Balaban J connectivity index is 1.70. The molecule has 0 radical (unpaired) electrons. The highest BCUT2D eigenvalue weighted by atomic mass is 79.9. The first-order valence-electron chi connectivity index (χ1n) is 8.87. The summed E-state index contributed by atoms with van der Waals surface area (Å²) >= 11 is 6.82. The van der Waals surface area contributed by atoms with Crippen molar-refractivity contribution < 1.29 is 4.74 Å². The van der Waals surface area contributed by atoms with Gasteiger partial charge in [-0.2, -0.15) is 16.3 Å². The number of unbranched alkanes of at least 4 members (excludes halogenated alkanes) is 2. The van der Waals surface area contributed by atoms with Crippen LogP contribution in [0.2, 0.25) is 0 Å². The van der Waals surface area contributed by atoms with Crippen LogP contribution in [0.25, 0.3) is 11.3 Å². The number of anilines is 1. The Hall–Kier alpha value is -1.64. The first-order valence-corrected chi connectivity index (χ1v) is 11.6. The van der Waals surface area contributed by atoms with Crippen molar-refractivity contribution in [1.29, 1.82) is 0 Å². The van der Waals surface area contributed by atoms with Gasteiger partial charge < -0.3 is 10.1 Å². The molecule has 1 aliphatic rings. The summed E-state index contributed by atoms with van der Waals surface area (Å²) in [6, 6.07) is 8.10. The average Bonchev–Trinajstić information content (AvgIpc) is 3.16. The van der Waals surface area contributed by atoms with E-state index in [1.165, 1.54) is 12.8 Å². The molecule has 3 aromatic rings. The highest BCUT2D eigenvalue weighted by Crippen LogP contribution is 2.41. The number of ether oxygens (including phenoxy) is 1. The number of nitrogens with zero attached hydrogens (tertiary/aromatic N) is 3. The minimum atomic E-state index is -0.313. The summed E-state index contributed by atoms with van der Waals surface area (Å²) in [4.78, 5) is 4.67. The predicted octanol–water partition coefficient (Wildman–Crippen LogP) is 6.15. The fraction of sp³-hybridized carbons (Fsp3) is 0.316. The van der Waals surface area contributed by atoms with Crippen LogP contribution in [0.5, 0.6) is 5.88 Å². The number of nitrogens with one attached hydrogen (secondary N) is 1. The maximum atomic E-state index is 6.25. The van der Waals surface area contributed by atoms with Crippen LogP contribution in [0.15, 0.2) is 44.7 Å². The third-order valence-corrected chi connectivity index (χ3v) is 6.33. The van der Waals surface area contributed by atoms with Crippen LogP contribution in [0.4, 0.5) is 5.69 Å². The second-order valence-corrected chi connectivity index (χ2v) is 8.95. The van der Waals surface area contributed by atoms with Gasteiger partial charge in [-0.05, 0) is 41.4 Å². The minimum Gasteiger partial charge on any atom is -0.448 e. The Morgan fingerprint density at radius 2 is 2.19 bits per heavy atom. The van der Waals surface area contributed by atoms with Gasteiger partial charge >= 0.3 is 0 Å². The molecule has 0 saturated heterocycles. The molecule has 2 aromatic heterocycles. The van der Waals surface area contributed by atoms with Crippen molar-refractivity contribution >= 4 is 44.7 Å². The van der Waals surface area contributed by atoms with Gasteiger partial charge in [-0.1, -0.05) is 47.5 Å². The van der Waals surface area contributed by atoms with Gasteiger partial charge in [-0.3, -0.25) is 0 Å². The topological polar surface area (TPSA) is 59.9 Å². The SMILES string of the molecule is CCCCCSc1nnc2c(n1)OC(c1ccsc1)Nc1ccc(Br)cc1-2. The van der Waals surface area contributed by atoms with Crippen molar-refractivity contribution in [3.8, 4) is 17.1 Å². The highest BCUT2D eigenvalue weighted by molar-refractivity contribution is 9.10. The number of thioether (sulfide) groups is 1. The summed E-state index contributed by atoms with van der Waals surface area (Å²) in [5, 5.41) is 17.0. The molecule has 1 N–H and O–H groups in total. The first kappa shape index (κ1) is 18.7. The monoisotopic (exact) mass is 462 g/mol. The van der Waals surface area contributed by atoms with E-state index < -0.39 is 0 Å². The van der Waals surface area contributed by atoms with Gasteiger partial charge in [-0.15, -0.1) is 10.2 Å². The molecule has 8 heteroatoms. The van der Waals surface area contributed by atoms with Crippen LogP contribution in [0.3, 0.4) is 0 Å². The molecule has 1 aliphatic heterocycles. The Morgan fingerprint density at radius 3 is 3.00 bits per heavy atom. The van der Waals surface area contributed by atoms with Crippen LogP contribution in [-0.2, 0) is 0 Å². The standard InChI is InChI=1S/C19H19BrN4OS2/c1-2-3-4-8-27-19-22-18-16(23-24-19)14-10-13(20)5-6-15(14)21-17(25-18)12-7-9-26-11-12/h5-7,9-11,17,21H,2-4,8H2,1H3. The summed E-state index contributed by atoms with van der Waals surface area (Å²) in [7, 11) is 0. The molecule has 0 bridgehead atoms. The van der Waals surface area contributed by atoms with E-state index in [0.717, 1.165) is 33.5 Å². The van der Waals surface area contributed by atoms with Crippen LogP contribution < -0.4 is 10.1 Å². The fourth-order valence-corrected chi connectivity index (χ4v) is 4.63. The quantitative estimate of drug-likeness (QED) is 0.350. The average molecular weight is 463 g/mol. The summed E-state index contributed by atoms with van der Waals surface area (Å²) in [6.07, 6.45) is 3.25. The second-order valence-electron chi connectivity index (χ2n) is 6.19. The smallest absolute Gasteiger partial charge is 0.247 e. The molecule has 0 amide bonds. The number of fused-ring (bicyclic) bond motifs is 3. The van der Waals surface area contributed by atoms with Crippen LogP contribution >= 0.6 is 39.0 Å². The molecule has 0 saturated carbocycles. The molecule has 5 nitrogen and oxygen atoms in total. The Kier molecular flexibility index (Phi) is 5.95. The number of halogens is 1. The van der Waals surface area contributed by atoms with E-state index in [1.807, 2.05) is 23.6 Å². The molecule has 4 rings (SSSR count). The van der Waals surface area contributed by atoms with E-state index in [4.69, 9.17) is 4.74 Å². The maximum absolute atomic E-state index is 6.25. The number of hydrogen-bond donors (Lipinski definition) is 1. The Morgan fingerprint density at radius 1 is 1.26 bits per heavy atom. The van der Waals surface area contributed by atoms with Crippen molar-refractivity contribution in [2.45, 2.75) is 37.6 Å². The first-order chi connectivity index (χ1) is 13.2. The van der Waals surface area contributed by atoms with Crippen molar-refractivity contribution in [3.63, 3.8) is 0 Å². The number of thiophene rings is 1. The lowest BCUT2D eigenvalue weighted by atomic mass is 10.1. The zero-order chi connectivity index (χ0) is 18.6. The Bertz CT molecular complexity index is 920. The van der Waals surface area contributed by atoms with Crippen LogP contribution in [0.1, 0.15) is 38.0 Å². The van der Waals surface area contributed by atoms with E-state index >= 15 is 0 Å². The highest BCUT2D eigenvalue weighted by Gasteiger charge is 2.26. The number of hydrogen-bond acceptors (Lipinski definition) is 7. The molecule has 140 valence electrons. The maximum Gasteiger partial charge on any atom is 0.247 e. The van der Waals surface area contributed by atoms with Gasteiger partial charge in [0.15, 0.2) is 11.9 Å². The van der Waals surface area contributed by atoms with Crippen molar-refractivity contribution in [2.75, 3.05) is 11.1 Å². The van der Waals surface area contributed by atoms with Gasteiger partial charge in [-0.25, -0.2) is 0 Å². The normalized spacial score (nSPS) is 15.3. The Labute approximate surface area is 175 Å². The molecule has 1 unspecified atom stereocenters.